The van der Waals surface area contributed by atoms with Crippen LogP contribution >= 0.6 is 0 Å². The zero-order valence-electron chi connectivity index (χ0n) is 13.4. The number of rotatable bonds is 1. The number of oxime groups is 1. The van der Waals surface area contributed by atoms with Gasteiger partial charge in [0.2, 0.25) is 0 Å². The van der Waals surface area contributed by atoms with Gasteiger partial charge in [-0.05, 0) is 37.1 Å². The van der Waals surface area contributed by atoms with E-state index in [1.807, 2.05) is 68.5 Å². The molecule has 0 aromatic heterocycles. The molecule has 2 aromatic rings. The quantitative estimate of drug-likeness (QED) is 0.590. The Morgan fingerprint density at radius 1 is 1.00 bits per heavy atom. The normalized spacial score (nSPS) is 19.2. The second-order valence-corrected chi connectivity index (χ2v) is 5.85. The molecule has 2 aliphatic rings. The topological polar surface area (TPSA) is 47.9 Å². The van der Waals surface area contributed by atoms with Gasteiger partial charge >= 0.3 is 5.97 Å². The fraction of sp³-hybridized carbons (Fsp3) is 0.100. The van der Waals surface area contributed by atoms with Crippen molar-refractivity contribution in [1.29, 1.82) is 0 Å². The van der Waals surface area contributed by atoms with E-state index in [0.717, 1.165) is 28.0 Å². The van der Waals surface area contributed by atoms with Gasteiger partial charge in [0.1, 0.15) is 22.8 Å². The molecule has 0 bridgehead atoms. The lowest BCUT2D eigenvalue weighted by Crippen LogP contribution is -2.15. The Balaban J connectivity index is 1.85. The van der Waals surface area contributed by atoms with E-state index >= 15 is 0 Å². The highest BCUT2D eigenvalue weighted by Gasteiger charge is 2.32. The van der Waals surface area contributed by atoms with E-state index in [1.54, 1.807) is 0 Å². The summed E-state index contributed by atoms with van der Waals surface area (Å²) in [5.41, 5.74) is 4.82. The molecule has 2 aromatic carbocycles. The van der Waals surface area contributed by atoms with Gasteiger partial charge in [-0.15, -0.1) is 0 Å². The minimum atomic E-state index is -0.496. The first-order valence-electron chi connectivity index (χ1n) is 7.70. The first-order chi connectivity index (χ1) is 11.6. The van der Waals surface area contributed by atoms with Gasteiger partial charge in [-0.3, -0.25) is 0 Å². The highest BCUT2D eigenvalue weighted by atomic mass is 16.7. The zero-order valence-corrected chi connectivity index (χ0v) is 13.4. The molecule has 4 nitrogen and oxygen atoms in total. The van der Waals surface area contributed by atoms with Gasteiger partial charge in [0, 0.05) is 11.1 Å². The van der Waals surface area contributed by atoms with E-state index in [4.69, 9.17) is 9.57 Å². The van der Waals surface area contributed by atoms with Crippen molar-refractivity contribution in [3.63, 3.8) is 0 Å². The van der Waals surface area contributed by atoms with Crippen LogP contribution in [0.5, 0.6) is 5.75 Å². The molecule has 0 aliphatic carbocycles. The fourth-order valence-electron chi connectivity index (χ4n) is 2.87. The van der Waals surface area contributed by atoms with Crippen molar-refractivity contribution in [3.05, 3.63) is 82.6 Å². The van der Waals surface area contributed by atoms with Crippen LogP contribution in [0.3, 0.4) is 0 Å². The van der Waals surface area contributed by atoms with Gasteiger partial charge in [0.05, 0.1) is 0 Å². The van der Waals surface area contributed by atoms with Crippen molar-refractivity contribution in [3.8, 4) is 5.75 Å². The first-order valence-corrected chi connectivity index (χ1v) is 7.70. The largest absolute Gasteiger partial charge is 0.456 e. The molecule has 0 atom stereocenters. The zero-order chi connectivity index (χ0) is 16.7. The highest BCUT2D eigenvalue weighted by molar-refractivity contribution is 6.29. The average molecular weight is 317 g/mol. The molecule has 4 rings (SSSR count). The lowest BCUT2D eigenvalue weighted by atomic mass is 9.97. The maximum Gasteiger partial charge on any atom is 0.371 e. The van der Waals surface area contributed by atoms with E-state index in [2.05, 4.69) is 5.16 Å². The summed E-state index contributed by atoms with van der Waals surface area (Å²) in [5.74, 6) is 0.712. The molecular weight excluding hydrogens is 302 g/mol. The van der Waals surface area contributed by atoms with Crippen molar-refractivity contribution in [2.75, 3.05) is 0 Å². The van der Waals surface area contributed by atoms with Crippen LogP contribution in [0.15, 0.2) is 71.1 Å². The van der Waals surface area contributed by atoms with Crippen LogP contribution in [-0.2, 0) is 9.63 Å². The van der Waals surface area contributed by atoms with E-state index in [-0.39, 0.29) is 0 Å². The second-order valence-electron chi connectivity index (χ2n) is 5.85. The number of benzene rings is 2. The molecule has 118 valence electrons. The van der Waals surface area contributed by atoms with E-state index in [9.17, 15) is 4.79 Å². The SMILES string of the molecule is CC1=CC(=C2C(=O)ON=C2c2ccccc2)Oc2cc(C)ccc21. The Morgan fingerprint density at radius 2 is 1.79 bits per heavy atom. The predicted octanol–water partition coefficient (Wildman–Crippen LogP) is 4.01. The molecule has 0 amide bonds. The van der Waals surface area contributed by atoms with Gasteiger partial charge in [0.15, 0.2) is 0 Å². The van der Waals surface area contributed by atoms with E-state index in [1.165, 1.54) is 0 Å². The van der Waals surface area contributed by atoms with Gasteiger partial charge in [-0.1, -0.05) is 47.6 Å². The minimum Gasteiger partial charge on any atom is -0.456 e. The lowest BCUT2D eigenvalue weighted by Gasteiger charge is -2.20. The monoisotopic (exact) mass is 317 g/mol. The van der Waals surface area contributed by atoms with Crippen molar-refractivity contribution in [1.82, 2.24) is 0 Å². The number of fused-ring (bicyclic) bond motifs is 1. The lowest BCUT2D eigenvalue weighted by molar-refractivity contribution is -0.137. The molecule has 0 spiro atoms. The van der Waals surface area contributed by atoms with Crippen LogP contribution in [0.4, 0.5) is 0 Å². The first kappa shape index (κ1) is 14.5. The smallest absolute Gasteiger partial charge is 0.371 e. The molecule has 0 saturated carbocycles. The summed E-state index contributed by atoms with van der Waals surface area (Å²) in [5, 5.41) is 3.94. The Hall–Kier alpha value is -3.14. The summed E-state index contributed by atoms with van der Waals surface area (Å²) in [6.45, 7) is 4.00. The van der Waals surface area contributed by atoms with Crippen molar-refractivity contribution < 1.29 is 14.4 Å². The molecule has 0 N–H and O–H groups in total. The van der Waals surface area contributed by atoms with Crippen molar-refractivity contribution in [2.24, 2.45) is 5.16 Å². The van der Waals surface area contributed by atoms with Gasteiger partial charge in [0.25, 0.3) is 0 Å². The van der Waals surface area contributed by atoms with Crippen molar-refractivity contribution >= 4 is 17.3 Å². The molecule has 24 heavy (non-hydrogen) atoms. The summed E-state index contributed by atoms with van der Waals surface area (Å²) in [6, 6.07) is 15.5. The average Bonchev–Trinajstić information content (AvgIpc) is 2.97. The van der Waals surface area contributed by atoms with Crippen LogP contribution in [0, 0.1) is 6.92 Å². The van der Waals surface area contributed by atoms with Crippen LogP contribution in [-0.4, -0.2) is 11.7 Å². The Bertz CT molecular complexity index is 937. The number of aryl methyl sites for hydroxylation is 1. The van der Waals surface area contributed by atoms with Gasteiger partial charge in [-0.25, -0.2) is 4.79 Å². The van der Waals surface area contributed by atoms with Crippen LogP contribution < -0.4 is 4.74 Å². The van der Waals surface area contributed by atoms with Gasteiger partial charge in [-0.2, -0.15) is 0 Å². The molecule has 2 aliphatic heterocycles. The molecule has 0 radical (unpaired) electrons. The molecule has 2 heterocycles. The molecule has 0 fully saturated rings. The summed E-state index contributed by atoms with van der Waals surface area (Å²) < 4.78 is 6.01. The second kappa shape index (κ2) is 5.49. The van der Waals surface area contributed by atoms with Crippen LogP contribution in [0.25, 0.3) is 5.57 Å². The minimum absolute atomic E-state index is 0.354. The number of carbonyl (C=O) groups excluding carboxylic acids is 1. The maximum absolute atomic E-state index is 12.2. The number of allylic oxidation sites excluding steroid dienone is 2. The third-order valence-corrected chi connectivity index (χ3v) is 4.08. The van der Waals surface area contributed by atoms with E-state index in [0.29, 0.717) is 17.0 Å². The van der Waals surface area contributed by atoms with Crippen molar-refractivity contribution in [2.45, 2.75) is 13.8 Å². The summed E-state index contributed by atoms with van der Waals surface area (Å²) in [4.78, 5) is 17.2. The Morgan fingerprint density at radius 3 is 2.58 bits per heavy atom. The fourth-order valence-corrected chi connectivity index (χ4v) is 2.87. The van der Waals surface area contributed by atoms with Crippen LogP contribution in [0.1, 0.15) is 23.6 Å². The number of hydrogen-bond donors (Lipinski definition) is 0. The molecule has 0 saturated heterocycles. The maximum atomic E-state index is 12.2. The summed E-state index contributed by atoms with van der Waals surface area (Å²) in [7, 11) is 0. The molecule has 0 unspecified atom stereocenters. The number of carbonyl (C=O) groups is 1. The standard InChI is InChI=1S/C20H15NO3/c1-12-8-9-15-13(2)11-17(23-16(15)10-12)18-19(21-24-20(18)22)14-6-4-3-5-7-14/h3-11H,1-2H3. The third-order valence-electron chi connectivity index (χ3n) is 4.08. The molecular formula is C20H15NO3. The third kappa shape index (κ3) is 2.33. The summed E-state index contributed by atoms with van der Waals surface area (Å²) in [6.07, 6.45) is 1.86. The molecule has 4 heteroatoms. The number of hydrogen-bond acceptors (Lipinski definition) is 4. The number of nitrogens with zero attached hydrogens (tertiary/aromatic N) is 1. The van der Waals surface area contributed by atoms with Gasteiger partial charge < -0.3 is 9.57 Å². The number of ether oxygens (including phenoxy) is 1. The summed E-state index contributed by atoms with van der Waals surface area (Å²) >= 11 is 0. The Kier molecular flexibility index (Phi) is 3.31. The predicted molar refractivity (Wildman–Crippen MR) is 91.6 cm³/mol. The Labute approximate surface area is 139 Å². The highest BCUT2D eigenvalue weighted by Crippen LogP contribution is 2.36. The van der Waals surface area contributed by atoms with E-state index < -0.39 is 5.97 Å². The van der Waals surface area contributed by atoms with Crippen LogP contribution in [0.2, 0.25) is 0 Å².